The highest BCUT2D eigenvalue weighted by molar-refractivity contribution is 7.90. The van der Waals surface area contributed by atoms with Crippen LogP contribution >= 0.6 is 11.6 Å². The number of alkyl halides is 3. The van der Waals surface area contributed by atoms with E-state index in [0.29, 0.717) is 17.7 Å². The molecular formula is C24H22ClF3N4O5S. The normalized spacial score (nSPS) is 11.4. The maximum absolute atomic E-state index is 12.4. The molecule has 3 rings (SSSR count). The molecule has 0 aromatic heterocycles. The predicted molar refractivity (Wildman–Crippen MR) is 136 cm³/mol. The standard InChI is InChI=1S/C24H22ClF3N4O5S/c1-15-4-2-3-5-21(15)38(35,36)32-22(33)29-13-12-16-6-8-17(9-7-16)30-23(34)31-18-10-11-20(19(25)14-18)37-24(26,27)28/h2-11,14H,12-13H2,1H3,(H2,29,32,33)(H2,30,31,34). The summed E-state index contributed by atoms with van der Waals surface area (Å²) in [5.41, 5.74) is 1.87. The number of nitrogens with one attached hydrogen (secondary N) is 4. The van der Waals surface area contributed by atoms with Gasteiger partial charge in [-0.15, -0.1) is 13.2 Å². The number of hydrogen-bond acceptors (Lipinski definition) is 5. The first-order chi connectivity index (χ1) is 17.8. The zero-order chi connectivity index (χ0) is 27.9. The molecule has 9 nitrogen and oxygen atoms in total. The summed E-state index contributed by atoms with van der Waals surface area (Å²) in [7, 11) is -4.00. The van der Waals surface area contributed by atoms with E-state index in [1.165, 1.54) is 12.1 Å². The van der Waals surface area contributed by atoms with Crippen molar-refractivity contribution < 1.29 is 35.9 Å². The predicted octanol–water partition coefficient (Wildman–Crippen LogP) is 5.42. The lowest BCUT2D eigenvalue weighted by molar-refractivity contribution is -0.274. The molecule has 3 aromatic carbocycles. The first-order valence-electron chi connectivity index (χ1n) is 10.9. The van der Waals surface area contributed by atoms with E-state index in [9.17, 15) is 31.2 Å². The molecule has 0 aliphatic carbocycles. The third-order valence-electron chi connectivity index (χ3n) is 4.94. The smallest absolute Gasteiger partial charge is 0.404 e. The van der Waals surface area contributed by atoms with Gasteiger partial charge >= 0.3 is 18.4 Å². The number of sulfonamides is 1. The van der Waals surface area contributed by atoms with E-state index >= 15 is 0 Å². The first-order valence-corrected chi connectivity index (χ1v) is 12.8. The molecule has 4 amide bonds. The van der Waals surface area contributed by atoms with Crippen LogP contribution in [0.4, 0.5) is 34.1 Å². The summed E-state index contributed by atoms with van der Waals surface area (Å²) >= 11 is 5.77. The monoisotopic (exact) mass is 570 g/mol. The SMILES string of the molecule is Cc1ccccc1S(=O)(=O)NC(=O)NCCc1ccc(NC(=O)Nc2ccc(OC(F)(F)F)c(Cl)c2)cc1. The largest absolute Gasteiger partial charge is 0.573 e. The van der Waals surface area contributed by atoms with Crippen molar-refractivity contribution in [3.63, 3.8) is 0 Å². The zero-order valence-corrected chi connectivity index (χ0v) is 21.3. The number of hydrogen-bond donors (Lipinski definition) is 4. The van der Waals surface area contributed by atoms with E-state index in [1.807, 2.05) is 4.72 Å². The second kappa shape index (κ2) is 12.0. The minimum absolute atomic E-state index is 0.0119. The van der Waals surface area contributed by atoms with Crippen molar-refractivity contribution in [2.75, 3.05) is 17.2 Å². The molecule has 0 unspecified atom stereocenters. The van der Waals surface area contributed by atoms with Gasteiger partial charge in [0, 0.05) is 17.9 Å². The van der Waals surface area contributed by atoms with E-state index in [-0.39, 0.29) is 22.2 Å². The minimum atomic E-state index is -4.90. The highest BCUT2D eigenvalue weighted by Crippen LogP contribution is 2.32. The van der Waals surface area contributed by atoms with Gasteiger partial charge in [-0.25, -0.2) is 22.7 Å². The molecule has 0 heterocycles. The van der Waals surface area contributed by atoms with Gasteiger partial charge in [-0.1, -0.05) is 41.9 Å². The Morgan fingerprint density at radius 3 is 2.18 bits per heavy atom. The van der Waals surface area contributed by atoms with Crippen LogP contribution in [-0.2, 0) is 16.4 Å². The maximum Gasteiger partial charge on any atom is 0.573 e. The van der Waals surface area contributed by atoms with E-state index < -0.39 is 34.2 Å². The molecule has 0 bridgehead atoms. The molecule has 0 atom stereocenters. The Balaban J connectivity index is 1.46. The topological polar surface area (TPSA) is 126 Å². The molecule has 0 fully saturated rings. The van der Waals surface area contributed by atoms with Gasteiger partial charge in [0.25, 0.3) is 10.0 Å². The number of carbonyl (C=O) groups is 2. The van der Waals surface area contributed by atoms with Gasteiger partial charge in [0.05, 0.1) is 9.92 Å². The molecule has 202 valence electrons. The molecule has 0 aliphatic rings. The number of halogens is 4. The summed E-state index contributed by atoms with van der Waals surface area (Å²) in [4.78, 5) is 24.2. The molecule has 3 aromatic rings. The molecule has 0 aliphatic heterocycles. The summed E-state index contributed by atoms with van der Waals surface area (Å²) in [5.74, 6) is -0.597. The van der Waals surface area contributed by atoms with Crippen LogP contribution in [0.2, 0.25) is 5.02 Å². The Morgan fingerprint density at radius 2 is 1.55 bits per heavy atom. The average Bonchev–Trinajstić information content (AvgIpc) is 2.81. The lowest BCUT2D eigenvalue weighted by Gasteiger charge is -2.12. The number of aryl methyl sites for hydroxylation is 1. The van der Waals surface area contributed by atoms with Crippen LogP contribution in [0, 0.1) is 6.92 Å². The van der Waals surface area contributed by atoms with Gasteiger partial charge in [-0.3, -0.25) is 0 Å². The Hall–Kier alpha value is -3.97. The van der Waals surface area contributed by atoms with Crippen molar-refractivity contribution in [2.45, 2.75) is 24.6 Å². The summed E-state index contributed by atoms with van der Waals surface area (Å²) in [6, 6.07) is 14.6. The number of ether oxygens (including phenoxy) is 1. The third-order valence-corrected chi connectivity index (χ3v) is 6.72. The van der Waals surface area contributed by atoms with Gasteiger partial charge in [0.15, 0.2) is 0 Å². The number of anilines is 2. The Bertz CT molecular complexity index is 1420. The fourth-order valence-corrected chi connectivity index (χ4v) is 4.62. The van der Waals surface area contributed by atoms with Crippen molar-refractivity contribution in [2.24, 2.45) is 0 Å². The van der Waals surface area contributed by atoms with E-state index in [4.69, 9.17) is 11.6 Å². The van der Waals surface area contributed by atoms with Gasteiger partial charge in [-0.05, 0) is 60.9 Å². The highest BCUT2D eigenvalue weighted by atomic mass is 35.5. The number of rotatable bonds is 8. The molecule has 0 saturated carbocycles. The number of carbonyl (C=O) groups excluding carboxylic acids is 2. The Kier molecular flexibility index (Phi) is 9.07. The van der Waals surface area contributed by atoms with Crippen molar-refractivity contribution in [1.29, 1.82) is 0 Å². The van der Waals surface area contributed by atoms with Crippen LogP contribution in [0.3, 0.4) is 0 Å². The molecule has 4 N–H and O–H groups in total. The van der Waals surface area contributed by atoms with Gasteiger partial charge < -0.3 is 20.7 Å². The fraction of sp³-hybridized carbons (Fsp3) is 0.167. The van der Waals surface area contributed by atoms with Crippen LogP contribution < -0.4 is 25.4 Å². The molecule has 38 heavy (non-hydrogen) atoms. The van der Waals surface area contributed by atoms with Gasteiger partial charge in [0.2, 0.25) is 0 Å². The maximum atomic E-state index is 12.4. The quantitative estimate of drug-likeness (QED) is 0.288. The second-order valence-electron chi connectivity index (χ2n) is 7.85. The van der Waals surface area contributed by atoms with Crippen LogP contribution in [0.5, 0.6) is 5.75 Å². The number of benzene rings is 3. The van der Waals surface area contributed by atoms with Crippen molar-refractivity contribution in [3.8, 4) is 5.75 Å². The molecule has 0 spiro atoms. The zero-order valence-electron chi connectivity index (χ0n) is 19.7. The van der Waals surface area contributed by atoms with Crippen LogP contribution in [0.1, 0.15) is 11.1 Å². The van der Waals surface area contributed by atoms with E-state index in [1.54, 1.807) is 49.4 Å². The van der Waals surface area contributed by atoms with Gasteiger partial charge in [-0.2, -0.15) is 0 Å². The van der Waals surface area contributed by atoms with E-state index in [2.05, 4.69) is 20.7 Å². The minimum Gasteiger partial charge on any atom is -0.404 e. The number of urea groups is 2. The Labute approximate surface area is 221 Å². The van der Waals surface area contributed by atoms with E-state index in [0.717, 1.165) is 17.7 Å². The van der Waals surface area contributed by atoms with Crippen LogP contribution in [-0.4, -0.2) is 33.4 Å². The average molecular weight is 571 g/mol. The Morgan fingerprint density at radius 1 is 0.921 bits per heavy atom. The third kappa shape index (κ3) is 8.56. The van der Waals surface area contributed by atoms with Gasteiger partial charge in [0.1, 0.15) is 5.75 Å². The van der Waals surface area contributed by atoms with Crippen molar-refractivity contribution in [1.82, 2.24) is 10.0 Å². The fourth-order valence-electron chi connectivity index (χ4n) is 3.23. The molecule has 0 radical (unpaired) electrons. The summed E-state index contributed by atoms with van der Waals surface area (Å²) in [5, 5.41) is 7.15. The lowest BCUT2D eigenvalue weighted by Crippen LogP contribution is -2.40. The summed E-state index contributed by atoms with van der Waals surface area (Å²) < 4.78 is 67.4. The van der Waals surface area contributed by atoms with Crippen LogP contribution in [0.25, 0.3) is 0 Å². The molecule has 0 saturated heterocycles. The van der Waals surface area contributed by atoms with Crippen LogP contribution in [0.15, 0.2) is 71.6 Å². The lowest BCUT2D eigenvalue weighted by atomic mass is 10.1. The van der Waals surface area contributed by atoms with Crippen molar-refractivity contribution in [3.05, 3.63) is 82.9 Å². The summed E-state index contributed by atoms with van der Waals surface area (Å²) in [6.07, 6.45) is -4.51. The number of amides is 4. The summed E-state index contributed by atoms with van der Waals surface area (Å²) in [6.45, 7) is 1.77. The molecule has 14 heteroatoms. The first kappa shape index (κ1) is 28.6. The second-order valence-corrected chi connectivity index (χ2v) is 9.90. The highest BCUT2D eigenvalue weighted by Gasteiger charge is 2.32. The molecular weight excluding hydrogens is 549 g/mol. The van der Waals surface area contributed by atoms with Crippen molar-refractivity contribution >= 4 is 45.1 Å².